The molecule has 1 atom stereocenters. The van der Waals surface area contributed by atoms with Crippen LogP contribution in [0.5, 0.6) is 5.75 Å². The van der Waals surface area contributed by atoms with Crippen LogP contribution < -0.4 is 10.2 Å². The molecule has 0 spiro atoms. The Labute approximate surface area is 144 Å². The van der Waals surface area contributed by atoms with Gasteiger partial charge in [-0.05, 0) is 31.9 Å². The molecule has 0 aliphatic carbocycles. The fraction of sp³-hybridized carbons (Fsp3) is 0.444. The van der Waals surface area contributed by atoms with E-state index in [1.165, 1.54) is 17.4 Å². The van der Waals surface area contributed by atoms with E-state index in [-0.39, 0.29) is 18.6 Å². The van der Waals surface area contributed by atoms with E-state index in [0.717, 1.165) is 23.1 Å². The molecular weight excluding hydrogens is 328 g/mol. The van der Waals surface area contributed by atoms with Crippen molar-refractivity contribution in [2.45, 2.75) is 39.7 Å². The summed E-state index contributed by atoms with van der Waals surface area (Å²) in [7, 11) is 0. The molecule has 5 nitrogen and oxygen atoms in total. The highest BCUT2D eigenvalue weighted by Gasteiger charge is 2.17. The predicted octanol–water partition coefficient (Wildman–Crippen LogP) is 3.15. The van der Waals surface area contributed by atoms with Gasteiger partial charge < -0.3 is 14.6 Å². The molecule has 0 saturated carbocycles. The zero-order valence-electron chi connectivity index (χ0n) is 14.1. The van der Waals surface area contributed by atoms with Crippen LogP contribution in [0.4, 0.5) is 0 Å². The van der Waals surface area contributed by atoms with Crippen molar-refractivity contribution in [1.82, 2.24) is 0 Å². The fourth-order valence-electron chi connectivity index (χ4n) is 2.39. The summed E-state index contributed by atoms with van der Waals surface area (Å²) >= 11 is 1.25. The molecule has 2 rings (SSSR count). The van der Waals surface area contributed by atoms with Crippen LogP contribution in [0.15, 0.2) is 23.0 Å². The maximum Gasteiger partial charge on any atom is 0.348 e. The highest BCUT2D eigenvalue weighted by Crippen LogP contribution is 2.31. The molecule has 1 unspecified atom stereocenters. The van der Waals surface area contributed by atoms with E-state index < -0.39 is 12.1 Å². The Morgan fingerprint density at radius 2 is 2.08 bits per heavy atom. The number of aliphatic hydroxyl groups is 1. The lowest BCUT2D eigenvalue weighted by Crippen LogP contribution is -2.15. The van der Waals surface area contributed by atoms with Crippen molar-refractivity contribution in [1.29, 1.82) is 0 Å². The second-order valence-electron chi connectivity index (χ2n) is 5.53. The third-order valence-corrected chi connectivity index (χ3v) is 4.57. The van der Waals surface area contributed by atoms with Gasteiger partial charge in [-0.15, -0.1) is 11.3 Å². The highest BCUT2D eigenvalue weighted by molar-refractivity contribution is 7.20. The van der Waals surface area contributed by atoms with Crippen LogP contribution in [0.3, 0.4) is 0 Å². The smallest absolute Gasteiger partial charge is 0.348 e. The van der Waals surface area contributed by atoms with E-state index in [0.29, 0.717) is 16.0 Å². The van der Waals surface area contributed by atoms with Crippen molar-refractivity contribution in [3.8, 4) is 5.75 Å². The average Bonchev–Trinajstić information content (AvgIpc) is 2.54. The molecule has 0 aliphatic heterocycles. The minimum Gasteiger partial charge on any atom is -0.490 e. The third-order valence-electron chi connectivity index (χ3n) is 3.40. The van der Waals surface area contributed by atoms with Gasteiger partial charge in [-0.3, -0.25) is 4.79 Å². The molecule has 1 N–H and O–H groups in total. The van der Waals surface area contributed by atoms with Crippen molar-refractivity contribution in [2.24, 2.45) is 0 Å². The molecule has 0 amide bonds. The maximum absolute atomic E-state index is 12.6. The van der Waals surface area contributed by atoms with Gasteiger partial charge in [-0.25, -0.2) is 4.79 Å². The zero-order valence-corrected chi connectivity index (χ0v) is 14.9. The molecule has 6 heteroatoms. The first-order chi connectivity index (χ1) is 11.5. The summed E-state index contributed by atoms with van der Waals surface area (Å²) in [4.78, 5) is 24.9. The van der Waals surface area contributed by atoms with Crippen LogP contribution in [0.1, 0.15) is 42.4 Å². The summed E-state index contributed by atoms with van der Waals surface area (Å²) in [6.45, 7) is 5.77. The number of carbonyl (C=O) groups excluding carboxylic acids is 1. The number of rotatable bonds is 7. The summed E-state index contributed by atoms with van der Waals surface area (Å²) in [6, 6.07) is 4.97. The fourth-order valence-corrected chi connectivity index (χ4v) is 3.52. The van der Waals surface area contributed by atoms with Crippen LogP contribution in [-0.2, 0) is 11.2 Å². The number of ether oxygens (including phenoxy) is 2. The van der Waals surface area contributed by atoms with Crippen LogP contribution in [0.2, 0.25) is 0 Å². The number of aryl methyl sites for hydroxylation is 1. The lowest BCUT2D eigenvalue weighted by Gasteiger charge is -2.13. The minimum atomic E-state index is -0.632. The summed E-state index contributed by atoms with van der Waals surface area (Å²) in [5.74, 6) is -0.0540. The molecule has 0 fully saturated rings. The minimum absolute atomic E-state index is 0.103. The number of esters is 1. The lowest BCUT2D eigenvalue weighted by molar-refractivity contribution is 0.0532. The molecule has 1 heterocycles. The first kappa shape index (κ1) is 18.4. The monoisotopic (exact) mass is 350 g/mol. The summed E-state index contributed by atoms with van der Waals surface area (Å²) < 4.78 is 11.3. The standard InChI is InChI=1S/C18H22O5S/c1-4-6-12-7-8-14(23-10-11(3)19)16-13(20)9-15(24-17(12)16)18(21)22-5-2/h7-9,11,19H,4-6,10H2,1-3H3. The van der Waals surface area contributed by atoms with Gasteiger partial charge in [0.2, 0.25) is 0 Å². The molecular formula is C18H22O5S. The molecule has 0 aliphatic rings. The highest BCUT2D eigenvalue weighted by atomic mass is 32.1. The molecule has 0 bridgehead atoms. The van der Waals surface area contributed by atoms with Gasteiger partial charge in [0.05, 0.1) is 18.1 Å². The Bertz CT molecular complexity index is 779. The molecule has 130 valence electrons. The Morgan fingerprint density at radius 3 is 2.71 bits per heavy atom. The quantitative estimate of drug-likeness (QED) is 0.777. The van der Waals surface area contributed by atoms with Gasteiger partial charge >= 0.3 is 5.97 Å². The van der Waals surface area contributed by atoms with Gasteiger partial charge in [0.15, 0.2) is 5.43 Å². The summed E-state index contributed by atoms with van der Waals surface area (Å²) in [5, 5.41) is 9.87. The SMILES string of the molecule is CCCc1ccc(OCC(C)O)c2c(=O)cc(C(=O)OCC)sc12. The van der Waals surface area contributed by atoms with E-state index in [2.05, 4.69) is 6.92 Å². The van der Waals surface area contributed by atoms with Gasteiger partial charge in [0.1, 0.15) is 17.2 Å². The number of hydrogen-bond acceptors (Lipinski definition) is 6. The molecule has 2 aromatic rings. The van der Waals surface area contributed by atoms with Crippen molar-refractivity contribution in [3.63, 3.8) is 0 Å². The second-order valence-corrected chi connectivity index (χ2v) is 6.58. The van der Waals surface area contributed by atoms with Crippen LogP contribution in [0.25, 0.3) is 10.1 Å². The van der Waals surface area contributed by atoms with Crippen LogP contribution in [0, 0.1) is 0 Å². The zero-order chi connectivity index (χ0) is 17.7. The summed E-state index contributed by atoms with van der Waals surface area (Å²) in [5.41, 5.74) is 0.732. The number of hydrogen-bond donors (Lipinski definition) is 1. The Morgan fingerprint density at radius 1 is 1.33 bits per heavy atom. The first-order valence-corrected chi connectivity index (χ1v) is 8.87. The van der Waals surface area contributed by atoms with Crippen LogP contribution in [-0.4, -0.2) is 30.4 Å². The Kier molecular flexibility index (Phi) is 6.34. The van der Waals surface area contributed by atoms with Gasteiger partial charge in [-0.2, -0.15) is 0 Å². The number of carbonyl (C=O) groups is 1. The summed E-state index contributed by atoms with van der Waals surface area (Å²) in [6.07, 6.45) is 1.09. The second kappa shape index (κ2) is 8.26. The van der Waals surface area contributed by atoms with Crippen molar-refractivity contribution in [2.75, 3.05) is 13.2 Å². The van der Waals surface area contributed by atoms with E-state index in [1.54, 1.807) is 19.9 Å². The topological polar surface area (TPSA) is 72.8 Å². The third kappa shape index (κ3) is 4.13. The lowest BCUT2D eigenvalue weighted by atomic mass is 10.1. The Hall–Kier alpha value is -1.92. The number of benzene rings is 1. The predicted molar refractivity (Wildman–Crippen MR) is 95.2 cm³/mol. The maximum atomic E-state index is 12.6. The molecule has 0 saturated heterocycles. The molecule has 0 radical (unpaired) electrons. The molecule has 24 heavy (non-hydrogen) atoms. The van der Waals surface area contributed by atoms with E-state index >= 15 is 0 Å². The van der Waals surface area contributed by atoms with Crippen molar-refractivity contribution >= 4 is 27.4 Å². The van der Waals surface area contributed by atoms with Crippen LogP contribution >= 0.6 is 11.3 Å². The van der Waals surface area contributed by atoms with E-state index in [9.17, 15) is 14.7 Å². The average molecular weight is 350 g/mol. The molecule has 1 aromatic carbocycles. The largest absolute Gasteiger partial charge is 0.490 e. The van der Waals surface area contributed by atoms with Gasteiger partial charge in [0.25, 0.3) is 0 Å². The van der Waals surface area contributed by atoms with E-state index in [1.807, 2.05) is 6.07 Å². The van der Waals surface area contributed by atoms with Crippen molar-refractivity contribution in [3.05, 3.63) is 38.9 Å². The Balaban J connectivity index is 2.62. The number of fused-ring (bicyclic) bond motifs is 1. The van der Waals surface area contributed by atoms with Gasteiger partial charge in [-0.1, -0.05) is 19.4 Å². The number of aliphatic hydroxyl groups excluding tert-OH is 1. The first-order valence-electron chi connectivity index (χ1n) is 8.05. The molecule has 1 aromatic heterocycles. The van der Waals surface area contributed by atoms with E-state index in [4.69, 9.17) is 9.47 Å². The van der Waals surface area contributed by atoms with Crippen molar-refractivity contribution < 1.29 is 19.4 Å². The normalized spacial score (nSPS) is 12.2. The van der Waals surface area contributed by atoms with Gasteiger partial charge in [0, 0.05) is 10.8 Å².